The van der Waals surface area contributed by atoms with Gasteiger partial charge in [0.05, 0.1) is 35.7 Å². The number of nitrogens with zero attached hydrogens (tertiary/aromatic N) is 3. The molecule has 1 heterocycles. The molecule has 1 amide bonds. The Morgan fingerprint density at radius 2 is 1.76 bits per heavy atom. The zero-order chi connectivity index (χ0) is 25.8. The lowest BCUT2D eigenvalue weighted by atomic mass is 10.0. The normalized spacial score (nSPS) is 11.3. The maximum absolute atomic E-state index is 13.3. The molecule has 0 aliphatic rings. The van der Waals surface area contributed by atoms with Crippen molar-refractivity contribution in [3.8, 4) is 17.2 Å². The molecule has 5 aromatic rings. The molecule has 0 aliphatic carbocycles. The van der Waals surface area contributed by atoms with Crippen LogP contribution in [-0.2, 0) is 4.79 Å². The van der Waals surface area contributed by atoms with Gasteiger partial charge in [0.25, 0.3) is 11.5 Å². The fourth-order valence-electron chi connectivity index (χ4n) is 3.92. The van der Waals surface area contributed by atoms with Crippen molar-refractivity contribution in [3.63, 3.8) is 0 Å². The lowest BCUT2D eigenvalue weighted by molar-refractivity contribution is -0.118. The highest BCUT2D eigenvalue weighted by molar-refractivity contribution is 7.99. The van der Waals surface area contributed by atoms with E-state index in [9.17, 15) is 14.7 Å². The van der Waals surface area contributed by atoms with Gasteiger partial charge < -0.3 is 9.84 Å². The van der Waals surface area contributed by atoms with E-state index in [0.717, 1.165) is 22.5 Å². The summed E-state index contributed by atoms with van der Waals surface area (Å²) in [5.41, 5.74) is 3.92. The fraction of sp³-hybridized carbons (Fsp3) is 0.0714. The number of nitrogens with one attached hydrogen (secondary N) is 1. The number of aromatic hydroxyl groups is 1. The highest BCUT2D eigenvalue weighted by Gasteiger charge is 2.15. The Morgan fingerprint density at radius 1 is 1.03 bits per heavy atom. The van der Waals surface area contributed by atoms with E-state index in [1.807, 2.05) is 36.4 Å². The number of ether oxygens (including phenoxy) is 1. The molecule has 4 aromatic carbocycles. The van der Waals surface area contributed by atoms with Crippen LogP contribution >= 0.6 is 11.8 Å². The first-order valence-corrected chi connectivity index (χ1v) is 12.4. The molecule has 0 atom stereocenters. The predicted octanol–water partition coefficient (Wildman–Crippen LogP) is 4.50. The van der Waals surface area contributed by atoms with Crippen LogP contribution in [0, 0.1) is 0 Å². The number of rotatable bonds is 7. The highest BCUT2D eigenvalue weighted by Crippen LogP contribution is 2.26. The number of aromatic nitrogens is 2. The maximum atomic E-state index is 13.3. The third kappa shape index (κ3) is 5.03. The molecule has 2 N–H and O–H groups in total. The van der Waals surface area contributed by atoms with Gasteiger partial charge in [-0.15, -0.1) is 0 Å². The van der Waals surface area contributed by atoms with Crippen molar-refractivity contribution >= 4 is 45.6 Å². The number of hydrazone groups is 1. The van der Waals surface area contributed by atoms with Crippen LogP contribution in [0.4, 0.5) is 0 Å². The van der Waals surface area contributed by atoms with E-state index in [1.54, 1.807) is 55.6 Å². The molecule has 0 radical (unpaired) electrons. The molecule has 9 heteroatoms. The predicted molar refractivity (Wildman–Crippen MR) is 146 cm³/mol. The van der Waals surface area contributed by atoms with Crippen LogP contribution in [0.5, 0.6) is 11.5 Å². The summed E-state index contributed by atoms with van der Waals surface area (Å²) >= 11 is 1.13. The molecule has 0 saturated heterocycles. The molecular formula is C28H22N4O4S. The van der Waals surface area contributed by atoms with Gasteiger partial charge in [0.1, 0.15) is 11.5 Å². The number of hydrogen-bond donors (Lipinski definition) is 2. The largest absolute Gasteiger partial charge is 0.507 e. The SMILES string of the molecule is COc1ccc(-n2c(SCC(=O)N/N=C/c3c(O)ccc4ccccc34)nc3ccccc3c2=O)cc1. The second-order valence-electron chi connectivity index (χ2n) is 8.05. The number of methoxy groups -OCH3 is 1. The molecule has 8 nitrogen and oxygen atoms in total. The Kier molecular flexibility index (Phi) is 6.87. The number of carbonyl (C=O) groups is 1. The Bertz CT molecular complexity index is 1700. The third-order valence-corrected chi connectivity index (χ3v) is 6.68. The van der Waals surface area contributed by atoms with Crippen molar-refractivity contribution in [1.29, 1.82) is 0 Å². The first-order chi connectivity index (χ1) is 18.0. The Labute approximate surface area is 216 Å². The van der Waals surface area contributed by atoms with Crippen molar-refractivity contribution in [2.75, 3.05) is 12.9 Å². The summed E-state index contributed by atoms with van der Waals surface area (Å²) in [6.45, 7) is 0. The second-order valence-corrected chi connectivity index (χ2v) is 8.99. The summed E-state index contributed by atoms with van der Waals surface area (Å²) < 4.78 is 6.71. The smallest absolute Gasteiger partial charge is 0.266 e. The van der Waals surface area contributed by atoms with Gasteiger partial charge in [-0.3, -0.25) is 14.2 Å². The number of benzene rings is 4. The van der Waals surface area contributed by atoms with E-state index >= 15 is 0 Å². The van der Waals surface area contributed by atoms with Gasteiger partial charge in [0, 0.05) is 5.56 Å². The first kappa shape index (κ1) is 24.1. The zero-order valence-corrected chi connectivity index (χ0v) is 20.6. The maximum Gasteiger partial charge on any atom is 0.266 e. The van der Waals surface area contributed by atoms with Crippen LogP contribution in [0.2, 0.25) is 0 Å². The van der Waals surface area contributed by atoms with E-state index in [2.05, 4.69) is 15.5 Å². The summed E-state index contributed by atoms with van der Waals surface area (Å²) in [5, 5.41) is 16.9. The van der Waals surface area contributed by atoms with Crippen LogP contribution in [0.1, 0.15) is 5.56 Å². The van der Waals surface area contributed by atoms with Crippen LogP contribution in [0.15, 0.2) is 100.0 Å². The average Bonchev–Trinajstić information content (AvgIpc) is 2.93. The minimum absolute atomic E-state index is 0.0280. The van der Waals surface area contributed by atoms with Crippen molar-refractivity contribution < 1.29 is 14.6 Å². The minimum atomic E-state index is -0.385. The summed E-state index contributed by atoms with van der Waals surface area (Å²) in [4.78, 5) is 30.6. The van der Waals surface area contributed by atoms with Crippen LogP contribution in [-0.4, -0.2) is 39.6 Å². The third-order valence-electron chi connectivity index (χ3n) is 5.74. The fourth-order valence-corrected chi connectivity index (χ4v) is 4.72. The summed E-state index contributed by atoms with van der Waals surface area (Å²) in [5.74, 6) is 0.314. The first-order valence-electron chi connectivity index (χ1n) is 11.4. The summed E-state index contributed by atoms with van der Waals surface area (Å²) in [6.07, 6.45) is 1.42. The molecule has 0 spiro atoms. The molecule has 0 saturated carbocycles. The Balaban J connectivity index is 1.38. The van der Waals surface area contributed by atoms with Crippen molar-refractivity contribution in [2.45, 2.75) is 5.16 Å². The number of thioether (sulfide) groups is 1. The number of fused-ring (bicyclic) bond motifs is 2. The van der Waals surface area contributed by atoms with Crippen LogP contribution < -0.4 is 15.7 Å². The monoisotopic (exact) mass is 510 g/mol. The number of amides is 1. The van der Waals surface area contributed by atoms with E-state index in [4.69, 9.17) is 4.74 Å². The molecule has 0 aliphatic heterocycles. The number of phenolic OH excluding ortho intramolecular Hbond substituents is 1. The quantitative estimate of drug-likeness (QED) is 0.145. The minimum Gasteiger partial charge on any atom is -0.507 e. The molecule has 184 valence electrons. The molecule has 37 heavy (non-hydrogen) atoms. The van der Waals surface area contributed by atoms with Gasteiger partial charge in [0.2, 0.25) is 0 Å². The molecule has 1 aromatic heterocycles. The van der Waals surface area contributed by atoms with E-state index in [-0.39, 0.29) is 23.0 Å². The second kappa shape index (κ2) is 10.5. The molecule has 0 bridgehead atoms. The molecular weight excluding hydrogens is 488 g/mol. The molecule has 0 fully saturated rings. The Hall–Kier alpha value is -4.63. The topological polar surface area (TPSA) is 106 Å². The molecule has 5 rings (SSSR count). The number of hydrogen-bond acceptors (Lipinski definition) is 7. The number of carbonyl (C=O) groups excluding carboxylic acids is 1. The lowest BCUT2D eigenvalue weighted by Crippen LogP contribution is -2.24. The number of para-hydroxylation sites is 1. The standard InChI is InChI=1S/C28H22N4O4S/c1-36-20-13-11-19(12-14-20)32-27(35)22-8-4-5-9-24(22)30-28(32)37-17-26(34)31-29-16-23-21-7-3-2-6-18(21)10-15-25(23)33/h2-16,33H,17H2,1H3,(H,31,34)/b29-16+. The van der Waals surface area contributed by atoms with Crippen LogP contribution in [0.25, 0.3) is 27.4 Å². The van der Waals surface area contributed by atoms with Crippen molar-refractivity contribution in [1.82, 2.24) is 15.0 Å². The van der Waals surface area contributed by atoms with Crippen molar-refractivity contribution in [2.24, 2.45) is 5.10 Å². The van der Waals surface area contributed by atoms with Crippen molar-refractivity contribution in [3.05, 3.63) is 101 Å². The van der Waals surface area contributed by atoms with Crippen LogP contribution in [0.3, 0.4) is 0 Å². The average molecular weight is 511 g/mol. The highest BCUT2D eigenvalue weighted by atomic mass is 32.2. The van der Waals surface area contributed by atoms with E-state index in [1.165, 1.54) is 10.8 Å². The van der Waals surface area contributed by atoms with Gasteiger partial charge in [-0.25, -0.2) is 10.4 Å². The Morgan fingerprint density at radius 3 is 2.54 bits per heavy atom. The van der Waals surface area contributed by atoms with Gasteiger partial charge in [0.15, 0.2) is 5.16 Å². The van der Waals surface area contributed by atoms with E-state index < -0.39 is 0 Å². The van der Waals surface area contributed by atoms with Gasteiger partial charge in [-0.05, 0) is 53.2 Å². The molecule has 0 unspecified atom stereocenters. The van der Waals surface area contributed by atoms with Gasteiger partial charge >= 0.3 is 0 Å². The lowest BCUT2D eigenvalue weighted by Gasteiger charge is -2.13. The van der Waals surface area contributed by atoms with E-state index in [0.29, 0.717) is 33.1 Å². The number of phenols is 1. The van der Waals surface area contributed by atoms with Gasteiger partial charge in [-0.1, -0.05) is 54.2 Å². The summed E-state index contributed by atoms with van der Waals surface area (Å²) in [6, 6.07) is 25.1. The zero-order valence-electron chi connectivity index (χ0n) is 19.8. The van der Waals surface area contributed by atoms with Gasteiger partial charge in [-0.2, -0.15) is 5.10 Å². The summed E-state index contributed by atoms with van der Waals surface area (Å²) in [7, 11) is 1.57.